The molecule has 0 fully saturated rings. The van der Waals surface area contributed by atoms with Gasteiger partial charge in [-0.1, -0.05) is 23.2 Å². The predicted octanol–water partition coefficient (Wildman–Crippen LogP) is 4.08. The summed E-state index contributed by atoms with van der Waals surface area (Å²) in [5.74, 6) is -2.09. The summed E-state index contributed by atoms with van der Waals surface area (Å²) in [7, 11) is 0. The Morgan fingerprint density at radius 2 is 1.82 bits per heavy atom. The largest absolute Gasteiger partial charge is 0.492 e. The van der Waals surface area contributed by atoms with Gasteiger partial charge in [0.05, 0.1) is 16.6 Å². The van der Waals surface area contributed by atoms with Crippen molar-refractivity contribution in [1.82, 2.24) is 5.32 Å². The monoisotopic (exact) mass is 345 g/mol. The van der Waals surface area contributed by atoms with Gasteiger partial charge in [-0.3, -0.25) is 4.79 Å². The molecule has 2 rings (SSSR count). The fourth-order valence-corrected chi connectivity index (χ4v) is 1.94. The van der Waals surface area contributed by atoms with E-state index in [4.69, 9.17) is 27.9 Å². The minimum absolute atomic E-state index is 0.109. The number of hydrogen-bond acceptors (Lipinski definition) is 2. The quantitative estimate of drug-likeness (QED) is 0.829. The first-order valence-electron chi connectivity index (χ1n) is 6.28. The SMILES string of the molecule is O=C(NCCOc1ccc(F)c(F)c1)c1ccc(Cl)c(Cl)c1. The van der Waals surface area contributed by atoms with Crippen molar-refractivity contribution in [2.45, 2.75) is 0 Å². The van der Waals surface area contributed by atoms with Gasteiger partial charge in [0.15, 0.2) is 11.6 Å². The summed E-state index contributed by atoms with van der Waals surface area (Å²) < 4.78 is 30.9. The lowest BCUT2D eigenvalue weighted by atomic mass is 10.2. The first-order chi connectivity index (χ1) is 10.5. The smallest absolute Gasteiger partial charge is 0.251 e. The summed E-state index contributed by atoms with van der Waals surface area (Å²) in [6.45, 7) is 0.302. The minimum Gasteiger partial charge on any atom is -0.492 e. The van der Waals surface area contributed by atoms with Gasteiger partial charge in [0.2, 0.25) is 0 Å². The number of benzene rings is 2. The first kappa shape index (κ1) is 16.5. The molecule has 2 aromatic rings. The molecular formula is C15H11Cl2F2NO2. The number of rotatable bonds is 5. The Hall–Kier alpha value is -1.85. The molecule has 0 radical (unpaired) electrons. The zero-order chi connectivity index (χ0) is 16.1. The zero-order valence-electron chi connectivity index (χ0n) is 11.2. The Morgan fingerprint density at radius 1 is 1.05 bits per heavy atom. The van der Waals surface area contributed by atoms with E-state index >= 15 is 0 Å². The molecule has 3 nitrogen and oxygen atoms in total. The van der Waals surface area contributed by atoms with Crippen LogP contribution in [-0.4, -0.2) is 19.1 Å². The molecule has 0 bridgehead atoms. The van der Waals surface area contributed by atoms with Crippen LogP contribution in [-0.2, 0) is 0 Å². The van der Waals surface area contributed by atoms with E-state index < -0.39 is 11.6 Å². The number of nitrogens with one attached hydrogen (secondary N) is 1. The summed E-state index contributed by atoms with van der Waals surface area (Å²) in [6.07, 6.45) is 0. The molecule has 0 aromatic heterocycles. The van der Waals surface area contributed by atoms with Gasteiger partial charge in [-0.2, -0.15) is 0 Å². The van der Waals surface area contributed by atoms with Crippen LogP contribution >= 0.6 is 23.2 Å². The molecule has 7 heteroatoms. The van der Waals surface area contributed by atoms with Crippen molar-refractivity contribution in [1.29, 1.82) is 0 Å². The number of carbonyl (C=O) groups is 1. The molecule has 0 unspecified atom stereocenters. The lowest BCUT2D eigenvalue weighted by Crippen LogP contribution is -2.28. The van der Waals surface area contributed by atoms with Crippen LogP contribution in [0.3, 0.4) is 0 Å². The lowest BCUT2D eigenvalue weighted by molar-refractivity contribution is 0.0947. The van der Waals surface area contributed by atoms with Crippen molar-refractivity contribution >= 4 is 29.1 Å². The van der Waals surface area contributed by atoms with Crippen LogP contribution in [0.4, 0.5) is 8.78 Å². The maximum Gasteiger partial charge on any atom is 0.251 e. The Labute approximate surface area is 135 Å². The summed E-state index contributed by atoms with van der Waals surface area (Å²) in [4.78, 5) is 11.8. The Morgan fingerprint density at radius 3 is 2.50 bits per heavy atom. The van der Waals surface area contributed by atoms with Crippen molar-refractivity contribution in [2.24, 2.45) is 0 Å². The van der Waals surface area contributed by atoms with E-state index in [1.54, 1.807) is 6.07 Å². The number of carbonyl (C=O) groups excluding carboxylic acids is 1. The number of halogens is 4. The number of amides is 1. The summed E-state index contributed by atoms with van der Waals surface area (Å²) in [5.41, 5.74) is 0.363. The second kappa shape index (κ2) is 7.42. The van der Waals surface area contributed by atoms with Crippen LogP contribution in [0, 0.1) is 11.6 Å². The van der Waals surface area contributed by atoms with Crippen LogP contribution in [0.2, 0.25) is 10.0 Å². The third-order valence-corrected chi connectivity index (χ3v) is 3.47. The Bertz CT molecular complexity index is 695. The van der Waals surface area contributed by atoms with E-state index in [0.29, 0.717) is 10.6 Å². The molecule has 1 N–H and O–H groups in total. The van der Waals surface area contributed by atoms with Gasteiger partial charge in [0.1, 0.15) is 12.4 Å². The van der Waals surface area contributed by atoms with Crippen molar-refractivity contribution in [3.63, 3.8) is 0 Å². The second-order valence-electron chi connectivity index (χ2n) is 4.31. The molecule has 0 aliphatic rings. The molecule has 22 heavy (non-hydrogen) atoms. The average Bonchev–Trinajstić information content (AvgIpc) is 2.49. The number of ether oxygens (including phenoxy) is 1. The Kier molecular flexibility index (Phi) is 5.57. The normalized spacial score (nSPS) is 10.4. The summed E-state index contributed by atoms with van der Waals surface area (Å²) in [5, 5.41) is 3.25. The number of hydrogen-bond donors (Lipinski definition) is 1. The van der Waals surface area contributed by atoms with Gasteiger partial charge in [0.25, 0.3) is 5.91 Å². The molecular weight excluding hydrogens is 335 g/mol. The fraction of sp³-hybridized carbons (Fsp3) is 0.133. The van der Waals surface area contributed by atoms with Gasteiger partial charge >= 0.3 is 0 Å². The maximum absolute atomic E-state index is 13.0. The highest BCUT2D eigenvalue weighted by Crippen LogP contribution is 2.22. The second-order valence-corrected chi connectivity index (χ2v) is 5.12. The predicted molar refractivity (Wildman–Crippen MR) is 80.6 cm³/mol. The minimum atomic E-state index is -0.989. The molecule has 116 valence electrons. The summed E-state index contributed by atoms with van der Waals surface area (Å²) in [6, 6.07) is 7.74. The topological polar surface area (TPSA) is 38.3 Å². The van der Waals surface area contributed by atoms with Gasteiger partial charge in [-0.05, 0) is 30.3 Å². The lowest BCUT2D eigenvalue weighted by Gasteiger charge is -2.08. The molecule has 0 heterocycles. The van der Waals surface area contributed by atoms with Crippen LogP contribution < -0.4 is 10.1 Å². The summed E-state index contributed by atoms with van der Waals surface area (Å²) >= 11 is 11.6. The molecule has 0 spiro atoms. The zero-order valence-corrected chi connectivity index (χ0v) is 12.7. The van der Waals surface area contributed by atoms with Gasteiger partial charge in [0, 0.05) is 11.6 Å². The molecule has 0 saturated carbocycles. The van der Waals surface area contributed by atoms with E-state index in [0.717, 1.165) is 12.1 Å². The third kappa shape index (κ3) is 4.32. The fourth-order valence-electron chi connectivity index (χ4n) is 1.64. The Balaban J connectivity index is 1.81. The van der Waals surface area contributed by atoms with Gasteiger partial charge < -0.3 is 10.1 Å². The highest BCUT2D eigenvalue weighted by Gasteiger charge is 2.08. The molecule has 2 aromatic carbocycles. The van der Waals surface area contributed by atoms with Crippen molar-refractivity contribution < 1.29 is 18.3 Å². The molecule has 0 aliphatic heterocycles. The van der Waals surface area contributed by atoms with Crippen molar-refractivity contribution in [3.8, 4) is 5.75 Å². The van der Waals surface area contributed by atoms with E-state index in [-0.39, 0.29) is 29.8 Å². The van der Waals surface area contributed by atoms with Crippen LogP contribution in [0.15, 0.2) is 36.4 Å². The third-order valence-electron chi connectivity index (χ3n) is 2.73. The molecule has 0 aliphatic carbocycles. The van der Waals surface area contributed by atoms with E-state index in [9.17, 15) is 13.6 Å². The van der Waals surface area contributed by atoms with Crippen LogP contribution in [0.25, 0.3) is 0 Å². The van der Waals surface area contributed by atoms with E-state index in [1.807, 2.05) is 0 Å². The van der Waals surface area contributed by atoms with E-state index in [2.05, 4.69) is 5.32 Å². The first-order valence-corrected chi connectivity index (χ1v) is 7.04. The molecule has 0 saturated heterocycles. The highest BCUT2D eigenvalue weighted by molar-refractivity contribution is 6.42. The molecule has 0 atom stereocenters. The van der Waals surface area contributed by atoms with Crippen LogP contribution in [0.5, 0.6) is 5.75 Å². The average molecular weight is 346 g/mol. The van der Waals surface area contributed by atoms with Crippen molar-refractivity contribution in [3.05, 3.63) is 63.6 Å². The standard InChI is InChI=1S/C15H11Cl2F2NO2/c16-11-3-1-9(7-12(11)17)15(21)20-5-6-22-10-2-4-13(18)14(19)8-10/h1-4,7-8H,5-6H2,(H,20,21). The molecule has 1 amide bonds. The van der Waals surface area contributed by atoms with E-state index in [1.165, 1.54) is 18.2 Å². The maximum atomic E-state index is 13.0. The van der Waals surface area contributed by atoms with Gasteiger partial charge in [-0.25, -0.2) is 8.78 Å². The van der Waals surface area contributed by atoms with Crippen molar-refractivity contribution in [2.75, 3.05) is 13.2 Å². The van der Waals surface area contributed by atoms with Gasteiger partial charge in [-0.15, -0.1) is 0 Å². The van der Waals surface area contributed by atoms with Crippen LogP contribution in [0.1, 0.15) is 10.4 Å². The highest BCUT2D eigenvalue weighted by atomic mass is 35.5.